The van der Waals surface area contributed by atoms with Gasteiger partial charge in [0, 0.05) is 0 Å². The first kappa shape index (κ1) is 19.5. The number of nitrogens with zero attached hydrogens (tertiary/aromatic N) is 1. The Kier molecular flexibility index (Phi) is 7.53. The predicted molar refractivity (Wildman–Crippen MR) is 107 cm³/mol. The molecule has 0 aliphatic heterocycles. The molecule has 0 aliphatic rings. The molecule has 0 aromatic heterocycles. The van der Waals surface area contributed by atoms with Crippen LogP contribution in [0.15, 0.2) is 35.3 Å². The molecule has 4 nitrogen and oxygen atoms in total. The number of nitrogens with two attached hydrogens (primary N) is 1. The minimum atomic E-state index is 0.493. The minimum absolute atomic E-state index is 0.493. The van der Waals surface area contributed by atoms with E-state index in [1.165, 1.54) is 0 Å². The number of benzene rings is 2. The fourth-order valence-electron chi connectivity index (χ4n) is 2.42. The Balaban J connectivity index is 1.95. The largest absolute Gasteiger partial charge is 0.493 e. The van der Waals surface area contributed by atoms with Crippen LogP contribution in [0.1, 0.15) is 18.4 Å². The lowest BCUT2D eigenvalue weighted by atomic mass is 10.1. The average molecular weight is 397 g/mol. The monoisotopic (exact) mass is 396 g/mol. The van der Waals surface area contributed by atoms with Gasteiger partial charge in [-0.3, -0.25) is 0 Å². The molecule has 2 aromatic carbocycles. The van der Waals surface area contributed by atoms with Crippen molar-refractivity contribution in [2.45, 2.75) is 19.3 Å². The number of hydrogen-bond acceptors (Lipinski definition) is 5. The van der Waals surface area contributed by atoms with Gasteiger partial charge in [0.05, 0.1) is 34.6 Å². The molecule has 2 rings (SSSR count). The quantitative estimate of drug-likeness (QED) is 0.268. The topological polar surface area (TPSA) is 56.8 Å². The number of nitrogen functional groups attached to an aromatic ring is 1. The van der Waals surface area contributed by atoms with E-state index in [9.17, 15) is 0 Å². The molecule has 7 heteroatoms. The van der Waals surface area contributed by atoms with Crippen molar-refractivity contribution < 1.29 is 9.47 Å². The predicted octanol–water partition coefficient (Wildman–Crippen LogP) is 5.72. The lowest BCUT2D eigenvalue weighted by Crippen LogP contribution is -2.02. The van der Waals surface area contributed by atoms with Crippen molar-refractivity contribution in [1.29, 1.82) is 0 Å². The molecule has 0 saturated heterocycles. The van der Waals surface area contributed by atoms with E-state index in [2.05, 4.69) is 10.2 Å². The zero-order chi connectivity index (χ0) is 18.2. The third kappa shape index (κ3) is 5.10. The molecule has 0 heterocycles. The van der Waals surface area contributed by atoms with Crippen LogP contribution in [0.2, 0.25) is 10.0 Å². The zero-order valence-corrected chi connectivity index (χ0v) is 16.0. The highest BCUT2D eigenvalue weighted by molar-refractivity contribution is 7.78. The lowest BCUT2D eigenvalue weighted by molar-refractivity contribution is 0.308. The van der Waals surface area contributed by atoms with Gasteiger partial charge in [-0.2, -0.15) is 4.99 Å². The minimum Gasteiger partial charge on any atom is -0.493 e. The number of rotatable bonds is 8. The Hall–Kier alpha value is -1.78. The molecule has 0 radical (unpaired) electrons. The lowest BCUT2D eigenvalue weighted by Gasteiger charge is -2.12. The van der Waals surface area contributed by atoms with E-state index in [1.807, 2.05) is 6.07 Å². The van der Waals surface area contributed by atoms with E-state index in [-0.39, 0.29) is 0 Å². The van der Waals surface area contributed by atoms with E-state index in [4.69, 9.17) is 50.6 Å². The van der Waals surface area contributed by atoms with Crippen LogP contribution in [0, 0.1) is 0 Å². The van der Waals surface area contributed by atoms with Gasteiger partial charge in [-0.25, -0.2) is 0 Å². The molecule has 0 saturated carbocycles. The van der Waals surface area contributed by atoms with E-state index < -0.39 is 0 Å². The van der Waals surface area contributed by atoms with Crippen molar-refractivity contribution in [2.24, 2.45) is 4.99 Å². The second-order valence-corrected chi connectivity index (χ2v) is 6.25. The molecule has 0 spiro atoms. The third-order valence-corrected chi connectivity index (χ3v) is 4.30. The SMILES string of the molecule is COc1c(Cl)ccc(CCCCOc2c(N)cccc2Cl)c1N=C=S. The number of hydrogen-bond donors (Lipinski definition) is 1. The van der Waals surface area contributed by atoms with Crippen molar-refractivity contribution in [3.63, 3.8) is 0 Å². The van der Waals surface area contributed by atoms with Gasteiger partial charge in [-0.15, -0.1) is 0 Å². The summed E-state index contributed by atoms with van der Waals surface area (Å²) in [4.78, 5) is 4.10. The summed E-state index contributed by atoms with van der Waals surface area (Å²) in [6.45, 7) is 0.518. The molecule has 2 N–H and O–H groups in total. The number of halogens is 2. The fraction of sp³-hybridized carbons (Fsp3) is 0.278. The molecule has 25 heavy (non-hydrogen) atoms. The van der Waals surface area contributed by atoms with Crippen LogP contribution < -0.4 is 15.2 Å². The van der Waals surface area contributed by atoms with Gasteiger partial charge in [0.2, 0.25) is 0 Å². The molecule has 0 fully saturated rings. The van der Waals surface area contributed by atoms with Crippen molar-refractivity contribution in [2.75, 3.05) is 19.5 Å². The number of ether oxygens (including phenoxy) is 2. The molecular weight excluding hydrogens is 379 g/mol. The van der Waals surface area contributed by atoms with E-state index in [1.54, 1.807) is 31.4 Å². The highest BCUT2D eigenvalue weighted by Crippen LogP contribution is 2.38. The summed E-state index contributed by atoms with van der Waals surface area (Å²) in [7, 11) is 1.55. The smallest absolute Gasteiger partial charge is 0.164 e. The van der Waals surface area contributed by atoms with Crippen LogP contribution in [-0.2, 0) is 6.42 Å². The molecule has 0 bridgehead atoms. The van der Waals surface area contributed by atoms with Crippen LogP contribution in [-0.4, -0.2) is 18.9 Å². The van der Waals surface area contributed by atoms with E-state index in [0.717, 1.165) is 24.8 Å². The highest BCUT2D eigenvalue weighted by Gasteiger charge is 2.12. The second-order valence-electron chi connectivity index (χ2n) is 5.26. The van der Waals surface area contributed by atoms with Crippen LogP contribution >= 0.6 is 35.4 Å². The van der Waals surface area contributed by atoms with Gasteiger partial charge in [0.15, 0.2) is 11.5 Å². The van der Waals surface area contributed by atoms with Crippen molar-refractivity contribution in [3.8, 4) is 11.5 Å². The zero-order valence-electron chi connectivity index (χ0n) is 13.7. The molecule has 0 amide bonds. The van der Waals surface area contributed by atoms with Gasteiger partial charge < -0.3 is 15.2 Å². The summed E-state index contributed by atoms with van der Waals surface area (Å²) in [5.74, 6) is 1.04. The Morgan fingerprint density at radius 1 is 1.12 bits per heavy atom. The maximum atomic E-state index is 6.13. The Morgan fingerprint density at radius 3 is 2.56 bits per heavy atom. The summed E-state index contributed by atoms with van der Waals surface area (Å²) in [5, 5.41) is 3.39. The van der Waals surface area contributed by atoms with Crippen molar-refractivity contribution in [1.82, 2.24) is 0 Å². The van der Waals surface area contributed by atoms with E-state index in [0.29, 0.717) is 39.5 Å². The number of para-hydroxylation sites is 1. The summed E-state index contributed by atoms with van der Waals surface area (Å²) in [6, 6.07) is 9.01. The number of methoxy groups -OCH3 is 1. The number of aryl methyl sites for hydroxylation is 1. The summed E-state index contributed by atoms with van der Waals surface area (Å²) >= 11 is 16.9. The van der Waals surface area contributed by atoms with Crippen LogP contribution in [0.25, 0.3) is 0 Å². The number of unbranched alkanes of at least 4 members (excludes halogenated alkanes) is 1. The Morgan fingerprint density at radius 2 is 1.88 bits per heavy atom. The van der Waals surface area contributed by atoms with Crippen LogP contribution in [0.5, 0.6) is 11.5 Å². The number of thiocarbonyl (C=S) groups is 1. The summed E-state index contributed by atoms with van der Waals surface area (Å²) < 4.78 is 11.0. The van der Waals surface area contributed by atoms with Gasteiger partial charge in [-0.1, -0.05) is 35.3 Å². The average Bonchev–Trinajstić information content (AvgIpc) is 2.59. The van der Waals surface area contributed by atoms with Gasteiger partial charge in [0.1, 0.15) is 5.69 Å². The van der Waals surface area contributed by atoms with Crippen molar-refractivity contribution in [3.05, 3.63) is 45.9 Å². The molecule has 0 aliphatic carbocycles. The highest BCUT2D eigenvalue weighted by atomic mass is 35.5. The van der Waals surface area contributed by atoms with Crippen LogP contribution in [0.4, 0.5) is 11.4 Å². The first-order valence-electron chi connectivity index (χ1n) is 7.68. The molecule has 0 unspecified atom stereocenters. The Bertz CT molecular complexity index is 773. The fourth-order valence-corrected chi connectivity index (χ4v) is 2.98. The van der Waals surface area contributed by atoms with Crippen LogP contribution in [0.3, 0.4) is 0 Å². The van der Waals surface area contributed by atoms with Crippen molar-refractivity contribution >= 4 is 52.0 Å². The number of aliphatic imine (C=N–C) groups is 1. The number of anilines is 1. The van der Waals surface area contributed by atoms with Gasteiger partial charge >= 0.3 is 0 Å². The van der Waals surface area contributed by atoms with Gasteiger partial charge in [0.25, 0.3) is 0 Å². The maximum Gasteiger partial charge on any atom is 0.164 e. The summed E-state index contributed by atoms with van der Waals surface area (Å²) in [5.41, 5.74) is 8.02. The molecule has 132 valence electrons. The first-order valence-corrected chi connectivity index (χ1v) is 8.85. The molecular formula is C18H18Cl2N2O2S. The first-order chi connectivity index (χ1) is 12.1. The number of isothiocyanates is 1. The van der Waals surface area contributed by atoms with E-state index >= 15 is 0 Å². The Labute approximate surface area is 162 Å². The molecule has 0 atom stereocenters. The third-order valence-electron chi connectivity index (χ3n) is 3.61. The summed E-state index contributed by atoms with van der Waals surface area (Å²) in [6.07, 6.45) is 2.50. The molecule has 2 aromatic rings. The standard InChI is InChI=1S/C18H18Cl2N2O2S/c1-23-18-14(20)9-8-12(16(18)22-11-25)5-2-3-10-24-17-13(19)6-4-7-15(17)21/h4,6-9H,2-3,5,10,21H2,1H3. The maximum absolute atomic E-state index is 6.13. The van der Waals surface area contributed by atoms with Gasteiger partial charge in [-0.05, 0) is 55.2 Å². The second kappa shape index (κ2) is 9.64. The normalized spacial score (nSPS) is 10.2.